The number of aryl methyl sites for hydroxylation is 2. The van der Waals surface area contributed by atoms with E-state index in [1.165, 1.54) is 11.1 Å². The molecule has 0 amide bonds. The fourth-order valence-electron chi connectivity index (χ4n) is 1.73. The van der Waals surface area contributed by atoms with Crippen LogP contribution in [0, 0.1) is 13.8 Å². The first kappa shape index (κ1) is 11.4. The minimum absolute atomic E-state index is 0.380. The number of aliphatic hydroxyl groups excluding tert-OH is 1. The van der Waals surface area contributed by atoms with E-state index in [0.29, 0.717) is 10.7 Å². The molecule has 0 aliphatic heterocycles. The lowest BCUT2D eigenvalue weighted by molar-refractivity contribution is 0.199. The highest BCUT2D eigenvalue weighted by molar-refractivity contribution is 6.30. The van der Waals surface area contributed by atoms with Crippen molar-refractivity contribution in [2.24, 2.45) is 0 Å². The van der Waals surface area contributed by atoms with Gasteiger partial charge in [0, 0.05) is 10.9 Å². The van der Waals surface area contributed by atoms with Crippen LogP contribution >= 0.6 is 11.6 Å². The van der Waals surface area contributed by atoms with E-state index in [1.807, 2.05) is 19.1 Å². The summed E-state index contributed by atoms with van der Waals surface area (Å²) < 4.78 is 0. The van der Waals surface area contributed by atoms with Gasteiger partial charge < -0.3 is 5.11 Å². The molecule has 1 heterocycles. The molecule has 0 saturated heterocycles. The van der Waals surface area contributed by atoms with Gasteiger partial charge in [0.1, 0.15) is 5.15 Å². The predicted octanol–water partition coefficient (Wildman–Crippen LogP) is 3.56. The van der Waals surface area contributed by atoms with Crippen molar-refractivity contribution in [3.05, 3.63) is 40.0 Å². The predicted molar refractivity (Wildman–Crippen MR) is 66.9 cm³/mol. The molecule has 0 aliphatic rings. The minimum Gasteiger partial charge on any atom is -0.389 e. The normalized spacial score (nSPS) is 13.1. The largest absolute Gasteiger partial charge is 0.389 e. The highest BCUT2D eigenvalue weighted by Crippen LogP contribution is 2.27. The van der Waals surface area contributed by atoms with E-state index >= 15 is 0 Å². The monoisotopic (exact) mass is 235 g/mol. The van der Waals surface area contributed by atoms with Crippen LogP contribution in [-0.4, -0.2) is 10.1 Å². The Hall–Kier alpha value is -1.12. The molecule has 0 fully saturated rings. The Kier molecular flexibility index (Phi) is 2.87. The average Bonchev–Trinajstić information content (AvgIpc) is 2.19. The summed E-state index contributed by atoms with van der Waals surface area (Å²) in [5.41, 5.74) is 3.96. The second-order valence-corrected chi connectivity index (χ2v) is 4.53. The van der Waals surface area contributed by atoms with Crippen molar-refractivity contribution < 1.29 is 5.11 Å². The minimum atomic E-state index is -0.592. The third-order valence-electron chi connectivity index (χ3n) is 2.86. The van der Waals surface area contributed by atoms with Gasteiger partial charge >= 0.3 is 0 Å². The second-order valence-electron chi connectivity index (χ2n) is 4.17. The van der Waals surface area contributed by atoms with Crippen LogP contribution in [0.5, 0.6) is 0 Å². The SMILES string of the molecule is Cc1cc2cc([C@H](C)O)c(Cl)nc2cc1C. The topological polar surface area (TPSA) is 33.1 Å². The lowest BCUT2D eigenvalue weighted by Gasteiger charge is -2.10. The number of pyridine rings is 1. The number of aliphatic hydroxyl groups is 1. The summed E-state index contributed by atoms with van der Waals surface area (Å²) in [6, 6.07) is 5.99. The molecule has 1 aromatic heterocycles. The van der Waals surface area contributed by atoms with E-state index in [-0.39, 0.29) is 0 Å². The fourth-order valence-corrected chi connectivity index (χ4v) is 2.03. The molecule has 0 radical (unpaired) electrons. The smallest absolute Gasteiger partial charge is 0.135 e. The first-order valence-corrected chi connectivity index (χ1v) is 5.62. The third kappa shape index (κ3) is 1.91. The number of hydrogen-bond donors (Lipinski definition) is 1. The van der Waals surface area contributed by atoms with Crippen LogP contribution < -0.4 is 0 Å². The third-order valence-corrected chi connectivity index (χ3v) is 3.16. The number of halogens is 1. The molecule has 84 valence electrons. The highest BCUT2D eigenvalue weighted by atomic mass is 35.5. The molecule has 3 heteroatoms. The van der Waals surface area contributed by atoms with Gasteiger partial charge in [-0.2, -0.15) is 0 Å². The number of benzene rings is 1. The second kappa shape index (κ2) is 4.04. The van der Waals surface area contributed by atoms with Crippen molar-refractivity contribution in [3.63, 3.8) is 0 Å². The van der Waals surface area contributed by atoms with Gasteiger partial charge in [-0.1, -0.05) is 11.6 Å². The number of rotatable bonds is 1. The average molecular weight is 236 g/mol. The molecule has 0 aliphatic carbocycles. The van der Waals surface area contributed by atoms with E-state index in [4.69, 9.17) is 11.6 Å². The Morgan fingerprint density at radius 2 is 1.81 bits per heavy atom. The van der Waals surface area contributed by atoms with Crippen LogP contribution in [0.1, 0.15) is 29.7 Å². The molecule has 1 N–H and O–H groups in total. The Morgan fingerprint density at radius 1 is 1.19 bits per heavy atom. The Morgan fingerprint density at radius 3 is 2.44 bits per heavy atom. The van der Waals surface area contributed by atoms with Crippen molar-refractivity contribution >= 4 is 22.5 Å². The molecule has 16 heavy (non-hydrogen) atoms. The van der Waals surface area contributed by atoms with Crippen molar-refractivity contribution in [2.45, 2.75) is 26.9 Å². The Bertz CT molecular complexity index is 549. The molecule has 1 aromatic carbocycles. The van der Waals surface area contributed by atoms with Gasteiger partial charge in [-0.25, -0.2) is 4.98 Å². The van der Waals surface area contributed by atoms with Gasteiger partial charge in [-0.15, -0.1) is 0 Å². The van der Waals surface area contributed by atoms with Crippen LogP contribution in [0.15, 0.2) is 18.2 Å². The molecule has 0 bridgehead atoms. The first-order chi connectivity index (χ1) is 7.49. The molecule has 0 spiro atoms. The van der Waals surface area contributed by atoms with Crippen molar-refractivity contribution in [3.8, 4) is 0 Å². The molecule has 0 unspecified atom stereocenters. The van der Waals surface area contributed by atoms with Crippen LogP contribution in [0.25, 0.3) is 10.9 Å². The molecule has 2 aromatic rings. The standard InChI is InChI=1S/C13H14ClNO/c1-7-4-10-6-11(9(3)16)13(14)15-12(10)5-8(7)2/h4-6,9,16H,1-3H3/t9-/m0/s1. The van der Waals surface area contributed by atoms with Gasteiger partial charge in [-0.3, -0.25) is 0 Å². The maximum atomic E-state index is 9.56. The van der Waals surface area contributed by atoms with E-state index in [9.17, 15) is 5.11 Å². The number of nitrogens with zero attached hydrogens (tertiary/aromatic N) is 1. The summed E-state index contributed by atoms with van der Waals surface area (Å²) in [5.74, 6) is 0. The van der Waals surface area contributed by atoms with E-state index in [1.54, 1.807) is 6.92 Å². The first-order valence-electron chi connectivity index (χ1n) is 5.24. The van der Waals surface area contributed by atoms with E-state index < -0.39 is 6.10 Å². The summed E-state index contributed by atoms with van der Waals surface area (Å²) in [4.78, 5) is 4.30. The van der Waals surface area contributed by atoms with Crippen molar-refractivity contribution in [1.82, 2.24) is 4.98 Å². The zero-order valence-corrected chi connectivity index (χ0v) is 10.3. The van der Waals surface area contributed by atoms with Crippen LogP contribution in [-0.2, 0) is 0 Å². The molecule has 0 saturated carbocycles. The summed E-state index contributed by atoms with van der Waals surface area (Å²) >= 11 is 6.02. The lowest BCUT2D eigenvalue weighted by atomic mass is 10.0. The van der Waals surface area contributed by atoms with Gasteiger partial charge in [-0.05, 0) is 50.1 Å². The zero-order valence-electron chi connectivity index (χ0n) is 9.58. The van der Waals surface area contributed by atoms with Crippen molar-refractivity contribution in [2.75, 3.05) is 0 Å². The summed E-state index contributed by atoms with van der Waals surface area (Å²) in [7, 11) is 0. The van der Waals surface area contributed by atoms with Gasteiger partial charge in [0.2, 0.25) is 0 Å². The number of hydrogen-bond acceptors (Lipinski definition) is 2. The fraction of sp³-hybridized carbons (Fsp3) is 0.308. The van der Waals surface area contributed by atoms with E-state index in [2.05, 4.69) is 18.0 Å². The van der Waals surface area contributed by atoms with Gasteiger partial charge in [0.25, 0.3) is 0 Å². The molecule has 1 atom stereocenters. The van der Waals surface area contributed by atoms with Crippen LogP contribution in [0.4, 0.5) is 0 Å². The summed E-state index contributed by atoms with van der Waals surface area (Å²) in [5, 5.41) is 11.0. The highest BCUT2D eigenvalue weighted by Gasteiger charge is 2.10. The number of aromatic nitrogens is 1. The molecular formula is C13H14ClNO. The molecule has 2 nitrogen and oxygen atoms in total. The van der Waals surface area contributed by atoms with Gasteiger partial charge in [0.15, 0.2) is 0 Å². The molecular weight excluding hydrogens is 222 g/mol. The lowest BCUT2D eigenvalue weighted by Crippen LogP contribution is -1.96. The summed E-state index contributed by atoms with van der Waals surface area (Å²) in [6.45, 7) is 5.80. The maximum absolute atomic E-state index is 9.56. The van der Waals surface area contributed by atoms with Crippen LogP contribution in [0.3, 0.4) is 0 Å². The van der Waals surface area contributed by atoms with Gasteiger partial charge in [0.05, 0.1) is 11.6 Å². The van der Waals surface area contributed by atoms with Crippen LogP contribution in [0.2, 0.25) is 5.15 Å². The molecule has 2 rings (SSSR count). The maximum Gasteiger partial charge on any atom is 0.135 e. The zero-order chi connectivity index (χ0) is 11.9. The quantitative estimate of drug-likeness (QED) is 0.767. The van der Waals surface area contributed by atoms with Crippen molar-refractivity contribution in [1.29, 1.82) is 0 Å². The summed E-state index contributed by atoms with van der Waals surface area (Å²) in [6.07, 6.45) is -0.592. The van der Waals surface area contributed by atoms with E-state index in [0.717, 1.165) is 10.9 Å². The number of fused-ring (bicyclic) bond motifs is 1. The Labute approximate surface area is 99.9 Å². The Balaban J connectivity index is 2.74.